The molecule has 1 saturated carbocycles. The Morgan fingerprint density at radius 1 is 1.55 bits per heavy atom. The predicted molar refractivity (Wildman–Crippen MR) is 85.1 cm³/mol. The monoisotopic (exact) mass is 336 g/mol. The van der Waals surface area contributed by atoms with Crippen LogP contribution >= 0.6 is 15.9 Å². The van der Waals surface area contributed by atoms with E-state index in [1.54, 1.807) is 7.11 Å². The van der Waals surface area contributed by atoms with Gasteiger partial charge in [-0.3, -0.25) is 4.79 Å². The molecule has 1 aliphatic rings. The Kier molecular flexibility index (Phi) is 4.69. The molecule has 0 heterocycles. The molecule has 0 saturated heterocycles. The summed E-state index contributed by atoms with van der Waals surface area (Å²) in [6.45, 7) is 6.10. The SMILES string of the molecule is C=C[C@@]1(C)CCCC(=O)[C@@H]1Cc1cc(OC)ccc1Br. The van der Waals surface area contributed by atoms with E-state index in [1.165, 1.54) is 0 Å². The summed E-state index contributed by atoms with van der Waals surface area (Å²) in [4.78, 5) is 12.3. The van der Waals surface area contributed by atoms with Gasteiger partial charge in [-0.2, -0.15) is 0 Å². The molecular weight excluding hydrogens is 316 g/mol. The molecule has 0 amide bonds. The molecule has 1 aromatic carbocycles. The van der Waals surface area contributed by atoms with Crippen molar-refractivity contribution in [2.24, 2.45) is 11.3 Å². The fourth-order valence-electron chi connectivity index (χ4n) is 3.01. The van der Waals surface area contributed by atoms with Gasteiger partial charge in [0.2, 0.25) is 0 Å². The Morgan fingerprint density at radius 3 is 2.95 bits per heavy atom. The van der Waals surface area contributed by atoms with Gasteiger partial charge in [-0.1, -0.05) is 28.9 Å². The van der Waals surface area contributed by atoms with E-state index in [0.29, 0.717) is 12.2 Å². The third-order valence-electron chi connectivity index (χ3n) is 4.47. The Bertz CT molecular complexity index is 524. The fraction of sp³-hybridized carbons (Fsp3) is 0.471. The van der Waals surface area contributed by atoms with Crippen LogP contribution in [0.25, 0.3) is 0 Å². The number of benzene rings is 1. The summed E-state index contributed by atoms with van der Waals surface area (Å²) in [5.74, 6) is 1.19. The summed E-state index contributed by atoms with van der Waals surface area (Å²) in [6, 6.07) is 5.91. The first-order valence-electron chi connectivity index (χ1n) is 6.99. The molecule has 1 aromatic rings. The zero-order chi connectivity index (χ0) is 14.8. The van der Waals surface area contributed by atoms with E-state index in [-0.39, 0.29) is 11.3 Å². The molecule has 20 heavy (non-hydrogen) atoms. The molecule has 108 valence electrons. The zero-order valence-electron chi connectivity index (χ0n) is 12.1. The van der Waals surface area contributed by atoms with Crippen LogP contribution in [0.15, 0.2) is 35.3 Å². The number of allylic oxidation sites excluding steroid dienone is 1. The normalized spacial score (nSPS) is 26.4. The van der Waals surface area contributed by atoms with Crippen molar-refractivity contribution in [2.45, 2.75) is 32.6 Å². The van der Waals surface area contributed by atoms with Gasteiger partial charge in [-0.05, 0) is 48.4 Å². The summed E-state index contributed by atoms with van der Waals surface area (Å²) in [5, 5.41) is 0. The Balaban J connectivity index is 2.31. The molecule has 0 N–H and O–H groups in total. The molecule has 2 atom stereocenters. The number of hydrogen-bond donors (Lipinski definition) is 0. The van der Waals surface area contributed by atoms with Gasteiger partial charge in [-0.25, -0.2) is 0 Å². The Labute approximate surface area is 129 Å². The van der Waals surface area contributed by atoms with Crippen molar-refractivity contribution in [1.29, 1.82) is 0 Å². The lowest BCUT2D eigenvalue weighted by Crippen LogP contribution is -2.37. The molecular formula is C17H21BrO2. The third kappa shape index (κ3) is 2.98. The highest BCUT2D eigenvalue weighted by molar-refractivity contribution is 9.10. The standard InChI is InChI=1S/C17H21BrO2/c1-4-17(2)9-5-6-16(19)14(17)11-12-10-13(20-3)7-8-15(12)18/h4,7-8,10,14H,1,5-6,9,11H2,2-3H3/t14-,17-/m0/s1. The molecule has 0 radical (unpaired) electrons. The summed E-state index contributed by atoms with van der Waals surface area (Å²) in [6.07, 6.45) is 5.39. The van der Waals surface area contributed by atoms with Gasteiger partial charge in [0.15, 0.2) is 0 Å². The summed E-state index contributed by atoms with van der Waals surface area (Å²) in [5.41, 5.74) is 1.02. The minimum absolute atomic E-state index is 0.0113. The van der Waals surface area contributed by atoms with E-state index in [1.807, 2.05) is 24.3 Å². The van der Waals surface area contributed by atoms with Crippen molar-refractivity contribution in [2.75, 3.05) is 7.11 Å². The average molecular weight is 337 g/mol. The van der Waals surface area contributed by atoms with Crippen LogP contribution in [0.1, 0.15) is 31.7 Å². The van der Waals surface area contributed by atoms with Crippen LogP contribution in [0.5, 0.6) is 5.75 Å². The van der Waals surface area contributed by atoms with Gasteiger partial charge >= 0.3 is 0 Å². The third-order valence-corrected chi connectivity index (χ3v) is 5.24. The lowest BCUT2D eigenvalue weighted by molar-refractivity contribution is -0.128. The molecule has 0 bridgehead atoms. The van der Waals surface area contributed by atoms with Crippen LogP contribution < -0.4 is 4.74 Å². The molecule has 2 rings (SSSR count). The van der Waals surface area contributed by atoms with Crippen molar-refractivity contribution in [1.82, 2.24) is 0 Å². The van der Waals surface area contributed by atoms with E-state index in [9.17, 15) is 4.79 Å². The first-order valence-corrected chi connectivity index (χ1v) is 7.78. The average Bonchev–Trinajstić information content (AvgIpc) is 2.45. The number of ketones is 1. The number of carbonyl (C=O) groups excluding carboxylic acids is 1. The van der Waals surface area contributed by atoms with E-state index < -0.39 is 0 Å². The fourth-order valence-corrected chi connectivity index (χ4v) is 3.41. The molecule has 1 aliphatic carbocycles. The number of ether oxygens (including phenoxy) is 1. The van der Waals surface area contributed by atoms with E-state index in [2.05, 4.69) is 29.4 Å². The number of Topliss-reactive ketones (excluding diaryl/α,β-unsaturated/α-hetero) is 1. The Morgan fingerprint density at radius 2 is 2.30 bits per heavy atom. The van der Waals surface area contributed by atoms with Crippen molar-refractivity contribution < 1.29 is 9.53 Å². The number of carbonyl (C=O) groups is 1. The van der Waals surface area contributed by atoms with Crippen molar-refractivity contribution in [3.63, 3.8) is 0 Å². The van der Waals surface area contributed by atoms with Crippen LogP contribution in [0, 0.1) is 11.3 Å². The van der Waals surface area contributed by atoms with Crippen molar-refractivity contribution in [3.05, 3.63) is 40.9 Å². The maximum Gasteiger partial charge on any atom is 0.137 e. The van der Waals surface area contributed by atoms with Crippen LogP contribution in [0.4, 0.5) is 0 Å². The van der Waals surface area contributed by atoms with Crippen LogP contribution in [0.3, 0.4) is 0 Å². The molecule has 3 heteroatoms. The van der Waals surface area contributed by atoms with Gasteiger partial charge in [0.25, 0.3) is 0 Å². The second kappa shape index (κ2) is 6.13. The molecule has 1 fully saturated rings. The smallest absolute Gasteiger partial charge is 0.137 e. The second-order valence-corrected chi connectivity index (χ2v) is 6.60. The predicted octanol–water partition coefficient (Wildman–Crippen LogP) is 4.56. The lowest BCUT2D eigenvalue weighted by Gasteiger charge is -2.38. The Hall–Kier alpha value is -1.09. The highest BCUT2D eigenvalue weighted by Crippen LogP contribution is 2.42. The van der Waals surface area contributed by atoms with Crippen LogP contribution in [-0.2, 0) is 11.2 Å². The number of hydrogen-bond acceptors (Lipinski definition) is 2. The largest absolute Gasteiger partial charge is 0.497 e. The number of methoxy groups -OCH3 is 1. The number of rotatable bonds is 4. The number of halogens is 1. The van der Waals surface area contributed by atoms with Gasteiger partial charge in [0, 0.05) is 16.8 Å². The van der Waals surface area contributed by atoms with E-state index >= 15 is 0 Å². The lowest BCUT2D eigenvalue weighted by atomic mass is 9.65. The van der Waals surface area contributed by atoms with Gasteiger partial charge < -0.3 is 4.74 Å². The molecule has 2 nitrogen and oxygen atoms in total. The quantitative estimate of drug-likeness (QED) is 0.753. The van der Waals surface area contributed by atoms with E-state index in [0.717, 1.165) is 35.0 Å². The maximum atomic E-state index is 12.3. The maximum absolute atomic E-state index is 12.3. The highest BCUT2D eigenvalue weighted by atomic mass is 79.9. The highest BCUT2D eigenvalue weighted by Gasteiger charge is 2.39. The molecule has 0 aliphatic heterocycles. The molecule has 0 unspecified atom stereocenters. The minimum Gasteiger partial charge on any atom is -0.497 e. The summed E-state index contributed by atoms with van der Waals surface area (Å²) >= 11 is 3.57. The van der Waals surface area contributed by atoms with Crippen molar-refractivity contribution >= 4 is 21.7 Å². The summed E-state index contributed by atoms with van der Waals surface area (Å²) in [7, 11) is 1.66. The minimum atomic E-state index is -0.0994. The second-order valence-electron chi connectivity index (χ2n) is 5.74. The first kappa shape index (κ1) is 15.3. The van der Waals surface area contributed by atoms with E-state index in [4.69, 9.17) is 4.74 Å². The topological polar surface area (TPSA) is 26.3 Å². The molecule has 0 aromatic heterocycles. The van der Waals surface area contributed by atoms with Gasteiger partial charge in [0.1, 0.15) is 11.5 Å². The zero-order valence-corrected chi connectivity index (χ0v) is 13.7. The van der Waals surface area contributed by atoms with Crippen molar-refractivity contribution in [3.8, 4) is 5.75 Å². The summed E-state index contributed by atoms with van der Waals surface area (Å²) < 4.78 is 6.31. The van der Waals surface area contributed by atoms with Gasteiger partial charge in [0.05, 0.1) is 7.11 Å². The molecule has 0 spiro atoms. The van der Waals surface area contributed by atoms with Crippen LogP contribution in [-0.4, -0.2) is 12.9 Å². The first-order chi connectivity index (χ1) is 9.50. The van der Waals surface area contributed by atoms with Crippen LogP contribution in [0.2, 0.25) is 0 Å². The van der Waals surface area contributed by atoms with Gasteiger partial charge in [-0.15, -0.1) is 6.58 Å².